The standard InChI is InChI=1S/C6H9NO2.C2H6/c1-5(8)6(9)3-4-7-2;1-2/h3-4,7-8H,1H2,2H3;1-2H3/b4-3-;. The van der Waals surface area contributed by atoms with Crippen molar-refractivity contribution in [1.82, 2.24) is 5.32 Å². The van der Waals surface area contributed by atoms with E-state index in [2.05, 4.69) is 11.9 Å². The molecule has 0 spiro atoms. The predicted molar refractivity (Wildman–Crippen MR) is 46.3 cm³/mol. The molecule has 0 saturated carbocycles. The molecule has 0 aliphatic heterocycles. The number of rotatable bonds is 3. The summed E-state index contributed by atoms with van der Waals surface area (Å²) in [5, 5.41) is 11.0. The SMILES string of the molecule is C=C(O)C(=O)/C=C\NC.CC. The van der Waals surface area contributed by atoms with Crippen molar-refractivity contribution in [3.63, 3.8) is 0 Å². The van der Waals surface area contributed by atoms with Crippen LogP contribution in [0.4, 0.5) is 0 Å². The van der Waals surface area contributed by atoms with Crippen molar-refractivity contribution in [2.45, 2.75) is 13.8 Å². The molecule has 3 heteroatoms. The Kier molecular flexibility index (Phi) is 9.89. The Hall–Kier alpha value is -1.25. The number of aliphatic hydroxyl groups is 1. The molecule has 0 radical (unpaired) electrons. The monoisotopic (exact) mass is 157 g/mol. The van der Waals surface area contributed by atoms with Crippen LogP contribution in [0.1, 0.15) is 13.8 Å². The van der Waals surface area contributed by atoms with Gasteiger partial charge in [0.1, 0.15) is 0 Å². The average Bonchev–Trinajstić information content (AvgIpc) is 2.03. The molecule has 0 atom stereocenters. The van der Waals surface area contributed by atoms with Crippen LogP contribution in [0.3, 0.4) is 0 Å². The molecule has 0 aromatic heterocycles. The maximum Gasteiger partial charge on any atom is 0.220 e. The predicted octanol–water partition coefficient (Wildman–Crippen LogP) is 1.39. The van der Waals surface area contributed by atoms with Gasteiger partial charge in [-0.2, -0.15) is 0 Å². The van der Waals surface area contributed by atoms with E-state index in [1.807, 2.05) is 13.8 Å². The first kappa shape index (κ1) is 12.4. The lowest BCUT2D eigenvalue weighted by Gasteiger charge is -1.87. The first-order valence-corrected chi connectivity index (χ1v) is 3.44. The van der Waals surface area contributed by atoms with Gasteiger partial charge in [0.2, 0.25) is 5.78 Å². The fourth-order valence-corrected chi connectivity index (χ4v) is 0.255. The van der Waals surface area contributed by atoms with Crippen LogP contribution in [0.25, 0.3) is 0 Å². The van der Waals surface area contributed by atoms with E-state index in [4.69, 9.17) is 5.11 Å². The van der Waals surface area contributed by atoms with Crippen LogP contribution in [0.2, 0.25) is 0 Å². The molecule has 0 aliphatic carbocycles. The zero-order valence-corrected chi connectivity index (χ0v) is 7.22. The Labute approximate surface area is 67.4 Å². The third-order valence-electron chi connectivity index (χ3n) is 0.686. The summed E-state index contributed by atoms with van der Waals surface area (Å²) >= 11 is 0. The summed E-state index contributed by atoms with van der Waals surface area (Å²) in [6, 6.07) is 0. The minimum absolute atomic E-state index is 0.443. The number of aliphatic hydroxyl groups excluding tert-OH is 1. The highest BCUT2D eigenvalue weighted by atomic mass is 16.3. The van der Waals surface area contributed by atoms with Crippen molar-refractivity contribution in [3.05, 3.63) is 24.6 Å². The van der Waals surface area contributed by atoms with Crippen LogP contribution in [0, 0.1) is 0 Å². The van der Waals surface area contributed by atoms with Gasteiger partial charge in [-0.15, -0.1) is 0 Å². The molecule has 11 heavy (non-hydrogen) atoms. The van der Waals surface area contributed by atoms with Gasteiger partial charge < -0.3 is 10.4 Å². The number of allylic oxidation sites excluding steroid dienone is 1. The highest BCUT2D eigenvalue weighted by Crippen LogP contribution is 1.85. The number of ketones is 1. The molecule has 3 nitrogen and oxygen atoms in total. The van der Waals surface area contributed by atoms with E-state index in [0.29, 0.717) is 0 Å². The van der Waals surface area contributed by atoms with Gasteiger partial charge in [-0.25, -0.2) is 0 Å². The normalized spacial score (nSPS) is 8.27. The van der Waals surface area contributed by atoms with Crippen LogP contribution in [-0.2, 0) is 4.79 Å². The Bertz CT molecular complexity index is 150. The fourth-order valence-electron chi connectivity index (χ4n) is 0.255. The first-order valence-electron chi connectivity index (χ1n) is 3.44. The largest absolute Gasteiger partial charge is 0.505 e. The van der Waals surface area contributed by atoms with Crippen LogP contribution in [0.5, 0.6) is 0 Å². The zero-order valence-electron chi connectivity index (χ0n) is 7.22. The van der Waals surface area contributed by atoms with Crippen LogP contribution >= 0.6 is 0 Å². The molecule has 0 aliphatic rings. The van der Waals surface area contributed by atoms with E-state index >= 15 is 0 Å². The number of carbonyl (C=O) groups excluding carboxylic acids is 1. The number of carbonyl (C=O) groups is 1. The summed E-state index contributed by atoms with van der Waals surface area (Å²) in [5.74, 6) is -0.925. The Morgan fingerprint density at radius 2 is 2.00 bits per heavy atom. The van der Waals surface area contributed by atoms with Gasteiger partial charge in [0.25, 0.3) is 0 Å². The molecule has 0 unspecified atom stereocenters. The van der Waals surface area contributed by atoms with E-state index in [0.717, 1.165) is 0 Å². The molecule has 2 N–H and O–H groups in total. The van der Waals surface area contributed by atoms with Crippen LogP contribution in [0.15, 0.2) is 24.6 Å². The molecular weight excluding hydrogens is 142 g/mol. The maximum absolute atomic E-state index is 10.4. The molecular formula is C8H15NO2. The smallest absolute Gasteiger partial charge is 0.220 e. The number of hydrogen-bond donors (Lipinski definition) is 2. The van der Waals surface area contributed by atoms with Crippen molar-refractivity contribution in [1.29, 1.82) is 0 Å². The second-order valence-electron chi connectivity index (χ2n) is 1.43. The topological polar surface area (TPSA) is 49.3 Å². The molecule has 0 rings (SSSR count). The van der Waals surface area contributed by atoms with E-state index < -0.39 is 11.5 Å². The number of nitrogens with one attached hydrogen (secondary N) is 1. The zero-order chi connectivity index (χ0) is 9.28. The van der Waals surface area contributed by atoms with Crippen molar-refractivity contribution in [2.75, 3.05) is 7.05 Å². The van der Waals surface area contributed by atoms with Crippen LogP contribution < -0.4 is 5.32 Å². The summed E-state index contributed by atoms with van der Waals surface area (Å²) in [6.45, 7) is 7.03. The minimum atomic E-state index is -0.482. The van der Waals surface area contributed by atoms with Gasteiger partial charge in [0.05, 0.1) is 0 Å². The lowest BCUT2D eigenvalue weighted by atomic mass is 10.3. The van der Waals surface area contributed by atoms with Gasteiger partial charge in [0.15, 0.2) is 5.76 Å². The third kappa shape index (κ3) is 8.75. The molecule has 64 valence electrons. The Morgan fingerprint density at radius 3 is 2.27 bits per heavy atom. The van der Waals surface area contributed by atoms with Gasteiger partial charge in [-0.1, -0.05) is 20.4 Å². The molecule has 0 fully saturated rings. The van der Waals surface area contributed by atoms with Crippen molar-refractivity contribution < 1.29 is 9.90 Å². The second-order valence-corrected chi connectivity index (χ2v) is 1.43. The van der Waals surface area contributed by atoms with Crippen molar-refractivity contribution in [3.8, 4) is 0 Å². The van der Waals surface area contributed by atoms with Crippen molar-refractivity contribution >= 4 is 5.78 Å². The number of hydrogen-bond acceptors (Lipinski definition) is 3. The molecule has 0 saturated heterocycles. The molecule has 0 aromatic carbocycles. The fraction of sp³-hybridized carbons (Fsp3) is 0.375. The highest BCUT2D eigenvalue weighted by Gasteiger charge is 1.95. The van der Waals surface area contributed by atoms with Gasteiger partial charge >= 0.3 is 0 Å². The molecule has 0 heterocycles. The Balaban J connectivity index is 0. The van der Waals surface area contributed by atoms with Gasteiger partial charge in [0, 0.05) is 19.3 Å². The third-order valence-corrected chi connectivity index (χ3v) is 0.686. The molecule has 0 aromatic rings. The summed E-state index contributed by atoms with van der Waals surface area (Å²) in [6.07, 6.45) is 2.62. The van der Waals surface area contributed by atoms with Crippen molar-refractivity contribution in [2.24, 2.45) is 0 Å². The quantitative estimate of drug-likeness (QED) is 0.480. The van der Waals surface area contributed by atoms with Gasteiger partial charge in [-0.3, -0.25) is 4.79 Å². The summed E-state index contributed by atoms with van der Waals surface area (Å²) in [4.78, 5) is 10.4. The lowest BCUT2D eigenvalue weighted by molar-refractivity contribution is -0.113. The van der Waals surface area contributed by atoms with E-state index in [9.17, 15) is 4.79 Å². The van der Waals surface area contributed by atoms with E-state index in [1.54, 1.807) is 7.05 Å². The minimum Gasteiger partial charge on any atom is -0.505 e. The van der Waals surface area contributed by atoms with E-state index in [-0.39, 0.29) is 0 Å². The molecule has 0 bridgehead atoms. The Morgan fingerprint density at radius 1 is 1.55 bits per heavy atom. The van der Waals surface area contributed by atoms with Gasteiger partial charge in [-0.05, 0) is 0 Å². The summed E-state index contributed by atoms with van der Waals surface area (Å²) < 4.78 is 0. The maximum atomic E-state index is 10.4. The average molecular weight is 157 g/mol. The highest BCUT2D eigenvalue weighted by molar-refractivity contribution is 6.01. The lowest BCUT2D eigenvalue weighted by Crippen LogP contribution is -1.99. The van der Waals surface area contributed by atoms with Crippen LogP contribution in [-0.4, -0.2) is 17.9 Å². The first-order chi connectivity index (χ1) is 5.18. The summed E-state index contributed by atoms with van der Waals surface area (Å²) in [5.41, 5.74) is 0. The second kappa shape index (κ2) is 8.75. The summed E-state index contributed by atoms with van der Waals surface area (Å²) in [7, 11) is 1.66. The van der Waals surface area contributed by atoms with E-state index in [1.165, 1.54) is 12.3 Å². The molecule has 0 amide bonds.